The zero-order valence-corrected chi connectivity index (χ0v) is 15.8. The van der Waals surface area contributed by atoms with Crippen molar-refractivity contribution < 1.29 is 8.42 Å². The molecule has 5 nitrogen and oxygen atoms in total. The highest BCUT2D eigenvalue weighted by Gasteiger charge is 2.34. The molecule has 0 spiro atoms. The Hall–Kier alpha value is 0.01000. The molecule has 1 saturated heterocycles. The fourth-order valence-corrected chi connectivity index (χ4v) is 6.73. The van der Waals surface area contributed by atoms with E-state index in [4.69, 9.17) is 0 Å². The van der Waals surface area contributed by atoms with E-state index in [0.29, 0.717) is 21.8 Å². The average Bonchev–Trinajstić information content (AvgIpc) is 2.78. The summed E-state index contributed by atoms with van der Waals surface area (Å²) in [5.41, 5.74) is 0. The van der Waals surface area contributed by atoms with Gasteiger partial charge < -0.3 is 10.2 Å². The van der Waals surface area contributed by atoms with Crippen LogP contribution < -0.4 is 5.32 Å². The molecule has 8 heteroatoms. The van der Waals surface area contributed by atoms with E-state index in [1.165, 1.54) is 11.3 Å². The SMILES string of the molecule is CCNCc1cc(S(=O)(=O)N2CCN(C)CC2C)c(Br)s1. The number of hydrogen-bond donors (Lipinski definition) is 1. The molecular formula is C13H22BrN3O2S2. The molecule has 1 aromatic heterocycles. The molecular weight excluding hydrogens is 374 g/mol. The third kappa shape index (κ3) is 3.86. The monoisotopic (exact) mass is 395 g/mol. The molecule has 1 unspecified atom stereocenters. The van der Waals surface area contributed by atoms with E-state index in [0.717, 1.165) is 24.5 Å². The maximum absolute atomic E-state index is 12.9. The van der Waals surface area contributed by atoms with Crippen molar-refractivity contribution in [1.29, 1.82) is 0 Å². The van der Waals surface area contributed by atoms with Crippen molar-refractivity contribution in [3.8, 4) is 0 Å². The van der Waals surface area contributed by atoms with E-state index in [-0.39, 0.29) is 6.04 Å². The van der Waals surface area contributed by atoms with Crippen LogP contribution >= 0.6 is 27.3 Å². The number of rotatable bonds is 5. The minimum absolute atomic E-state index is 0.00207. The minimum Gasteiger partial charge on any atom is -0.312 e. The summed E-state index contributed by atoms with van der Waals surface area (Å²) in [7, 11) is -1.40. The van der Waals surface area contributed by atoms with Crippen molar-refractivity contribution in [2.45, 2.75) is 31.3 Å². The molecule has 21 heavy (non-hydrogen) atoms. The lowest BCUT2D eigenvalue weighted by molar-refractivity contribution is 0.170. The van der Waals surface area contributed by atoms with E-state index in [9.17, 15) is 8.42 Å². The molecule has 1 aliphatic rings. The van der Waals surface area contributed by atoms with Gasteiger partial charge in [0.15, 0.2) is 0 Å². The first-order valence-electron chi connectivity index (χ1n) is 7.05. The van der Waals surface area contributed by atoms with Crippen molar-refractivity contribution in [2.75, 3.05) is 33.2 Å². The zero-order chi connectivity index (χ0) is 15.6. The minimum atomic E-state index is -3.43. The summed E-state index contributed by atoms with van der Waals surface area (Å²) < 4.78 is 28.1. The summed E-state index contributed by atoms with van der Waals surface area (Å²) >= 11 is 4.90. The Morgan fingerprint density at radius 2 is 2.19 bits per heavy atom. The predicted octanol–water partition coefficient (Wildman–Crippen LogP) is 1.94. The largest absolute Gasteiger partial charge is 0.312 e. The number of likely N-dealkylation sites (N-methyl/N-ethyl adjacent to an activating group) is 1. The zero-order valence-electron chi connectivity index (χ0n) is 12.6. The summed E-state index contributed by atoms with van der Waals surface area (Å²) in [5, 5.41) is 3.23. The molecule has 1 N–H and O–H groups in total. The Morgan fingerprint density at radius 3 is 2.81 bits per heavy atom. The Labute approximate surface area is 139 Å². The number of piperazine rings is 1. The first kappa shape index (κ1) is 17.4. The van der Waals surface area contributed by atoms with Gasteiger partial charge in [0, 0.05) is 37.1 Å². The second kappa shape index (κ2) is 7.06. The lowest BCUT2D eigenvalue weighted by Crippen LogP contribution is -2.52. The van der Waals surface area contributed by atoms with Gasteiger partial charge in [-0.3, -0.25) is 0 Å². The molecule has 1 aromatic rings. The molecule has 0 saturated carbocycles. The van der Waals surface area contributed by atoms with Crippen LogP contribution in [-0.4, -0.2) is 56.9 Å². The number of nitrogens with one attached hydrogen (secondary N) is 1. The topological polar surface area (TPSA) is 52.7 Å². The molecule has 2 heterocycles. The van der Waals surface area contributed by atoms with Crippen molar-refractivity contribution in [2.24, 2.45) is 0 Å². The summed E-state index contributed by atoms with van der Waals surface area (Å²) in [4.78, 5) is 3.59. The number of nitrogens with zero attached hydrogens (tertiary/aromatic N) is 2. The Bertz CT molecular complexity index is 588. The smallest absolute Gasteiger partial charge is 0.245 e. The second-order valence-corrected chi connectivity index (χ2v) is 9.67. The summed E-state index contributed by atoms with van der Waals surface area (Å²) in [6.45, 7) is 7.66. The standard InChI is InChI=1S/C13H22BrN3O2S2/c1-4-15-8-11-7-12(13(14)20-11)21(18,19)17-6-5-16(3)9-10(17)2/h7,10,15H,4-6,8-9H2,1-3H3. The van der Waals surface area contributed by atoms with E-state index in [1.54, 1.807) is 10.4 Å². The number of halogens is 1. The molecule has 2 rings (SSSR count). The van der Waals surface area contributed by atoms with Crippen LogP contribution in [0.25, 0.3) is 0 Å². The van der Waals surface area contributed by atoms with Crippen LogP contribution in [0.5, 0.6) is 0 Å². The van der Waals surface area contributed by atoms with Gasteiger partial charge in [-0.05, 0) is 42.5 Å². The number of hydrogen-bond acceptors (Lipinski definition) is 5. The molecule has 0 aromatic carbocycles. The van der Waals surface area contributed by atoms with Gasteiger partial charge in [-0.25, -0.2) is 8.42 Å². The number of thiophene rings is 1. The molecule has 1 fully saturated rings. The normalized spacial score (nSPS) is 21.8. The first-order valence-corrected chi connectivity index (χ1v) is 10.1. The van der Waals surface area contributed by atoms with Gasteiger partial charge in [-0.2, -0.15) is 4.31 Å². The van der Waals surface area contributed by atoms with E-state index < -0.39 is 10.0 Å². The van der Waals surface area contributed by atoms with E-state index >= 15 is 0 Å². The van der Waals surface area contributed by atoms with E-state index in [2.05, 4.69) is 26.1 Å². The molecule has 1 atom stereocenters. The van der Waals surface area contributed by atoms with Crippen LogP contribution in [0, 0.1) is 0 Å². The lowest BCUT2D eigenvalue weighted by Gasteiger charge is -2.37. The second-order valence-electron chi connectivity index (χ2n) is 5.36. The van der Waals surface area contributed by atoms with Gasteiger partial charge in [0.2, 0.25) is 10.0 Å². The molecule has 1 aliphatic heterocycles. The molecule has 0 radical (unpaired) electrons. The molecule has 0 amide bonds. The van der Waals surface area contributed by atoms with Crippen molar-refractivity contribution in [3.63, 3.8) is 0 Å². The Kier molecular flexibility index (Phi) is 5.84. The quantitative estimate of drug-likeness (QED) is 0.827. The van der Waals surface area contributed by atoms with Crippen molar-refractivity contribution in [1.82, 2.24) is 14.5 Å². The summed E-state index contributed by atoms with van der Waals surface area (Å²) in [6.07, 6.45) is 0. The average molecular weight is 396 g/mol. The summed E-state index contributed by atoms with van der Waals surface area (Å²) in [5.74, 6) is 0. The van der Waals surface area contributed by atoms with Gasteiger partial charge >= 0.3 is 0 Å². The van der Waals surface area contributed by atoms with Crippen LogP contribution in [0.4, 0.5) is 0 Å². The molecule has 0 aliphatic carbocycles. The third-order valence-electron chi connectivity index (χ3n) is 3.61. The fourth-order valence-electron chi connectivity index (χ4n) is 2.52. The lowest BCUT2D eigenvalue weighted by atomic mass is 10.2. The van der Waals surface area contributed by atoms with Crippen molar-refractivity contribution in [3.05, 3.63) is 14.7 Å². The third-order valence-corrected chi connectivity index (χ3v) is 7.88. The Morgan fingerprint density at radius 1 is 1.48 bits per heavy atom. The highest BCUT2D eigenvalue weighted by atomic mass is 79.9. The van der Waals surface area contributed by atoms with Crippen molar-refractivity contribution >= 4 is 37.3 Å². The van der Waals surface area contributed by atoms with Gasteiger partial charge in [0.25, 0.3) is 0 Å². The first-order chi connectivity index (χ1) is 9.86. The van der Waals surface area contributed by atoms with Crippen LogP contribution in [-0.2, 0) is 16.6 Å². The maximum Gasteiger partial charge on any atom is 0.245 e. The van der Waals surface area contributed by atoms with Crippen LogP contribution in [0.1, 0.15) is 18.7 Å². The molecule has 120 valence electrons. The van der Waals surface area contributed by atoms with Gasteiger partial charge in [-0.1, -0.05) is 6.92 Å². The van der Waals surface area contributed by atoms with Crippen LogP contribution in [0.3, 0.4) is 0 Å². The highest BCUT2D eigenvalue weighted by Crippen LogP contribution is 2.34. The number of sulfonamides is 1. The van der Waals surface area contributed by atoms with E-state index in [1.807, 2.05) is 20.9 Å². The maximum atomic E-state index is 12.9. The van der Waals surface area contributed by atoms with Crippen LogP contribution in [0.15, 0.2) is 14.7 Å². The van der Waals surface area contributed by atoms with Gasteiger partial charge in [0.05, 0.1) is 3.79 Å². The predicted molar refractivity (Wildman–Crippen MR) is 90.3 cm³/mol. The van der Waals surface area contributed by atoms with Crippen LogP contribution in [0.2, 0.25) is 0 Å². The molecule has 0 bridgehead atoms. The highest BCUT2D eigenvalue weighted by molar-refractivity contribution is 9.11. The fraction of sp³-hybridized carbons (Fsp3) is 0.692. The summed E-state index contributed by atoms with van der Waals surface area (Å²) in [6, 6.07) is 1.79. The van der Waals surface area contributed by atoms with Gasteiger partial charge in [-0.15, -0.1) is 11.3 Å². The Balaban J connectivity index is 2.25. The van der Waals surface area contributed by atoms with Gasteiger partial charge in [0.1, 0.15) is 4.90 Å².